The molecular weight excluding hydrogens is 276 g/mol. The molecule has 2 aliphatic heterocycles. The minimum Gasteiger partial charge on any atom is -0.480 e. The van der Waals surface area contributed by atoms with Gasteiger partial charge in [-0.3, -0.25) is 0 Å². The molecule has 1 N–H and O–H groups in total. The number of carbonyl (C=O) groups excluding carboxylic acids is 1. The first-order valence-electron chi connectivity index (χ1n) is 7.33. The molecule has 2 rings (SSSR count). The molecule has 1 atom stereocenters. The van der Waals surface area contributed by atoms with E-state index in [1.54, 1.807) is 16.8 Å². The van der Waals surface area contributed by atoms with Crippen LogP contribution in [-0.2, 0) is 14.3 Å². The first-order valence-corrected chi connectivity index (χ1v) is 7.33. The van der Waals surface area contributed by atoms with E-state index in [-0.39, 0.29) is 12.6 Å². The van der Waals surface area contributed by atoms with Crippen LogP contribution < -0.4 is 0 Å². The van der Waals surface area contributed by atoms with Gasteiger partial charge in [-0.1, -0.05) is 0 Å². The molecule has 2 amide bonds. The SMILES string of the molecule is CN(CC1CCCOC1)C(=O)N1CC(C)(OCC(=O)O)C1. The van der Waals surface area contributed by atoms with Crippen LogP contribution in [0.25, 0.3) is 0 Å². The number of amides is 2. The van der Waals surface area contributed by atoms with Gasteiger partial charge in [-0.15, -0.1) is 0 Å². The average Bonchev–Trinajstić information content (AvgIpc) is 2.42. The van der Waals surface area contributed by atoms with Crippen LogP contribution in [0.1, 0.15) is 19.8 Å². The number of ether oxygens (including phenoxy) is 2. The monoisotopic (exact) mass is 300 g/mol. The summed E-state index contributed by atoms with van der Waals surface area (Å²) in [7, 11) is 1.80. The van der Waals surface area contributed by atoms with E-state index in [2.05, 4.69) is 0 Å². The van der Waals surface area contributed by atoms with Crippen molar-refractivity contribution in [2.45, 2.75) is 25.4 Å². The number of hydrogen-bond acceptors (Lipinski definition) is 4. The molecule has 0 aliphatic carbocycles. The van der Waals surface area contributed by atoms with E-state index in [0.717, 1.165) is 26.1 Å². The fraction of sp³-hybridized carbons (Fsp3) is 0.857. The largest absolute Gasteiger partial charge is 0.480 e. The Kier molecular flexibility index (Phi) is 5.05. The van der Waals surface area contributed by atoms with Gasteiger partial charge in [-0.05, 0) is 19.8 Å². The number of aliphatic carboxylic acids is 1. The molecule has 2 fully saturated rings. The number of nitrogens with zero attached hydrogens (tertiary/aromatic N) is 2. The van der Waals surface area contributed by atoms with E-state index < -0.39 is 11.6 Å². The van der Waals surface area contributed by atoms with Crippen LogP contribution in [0, 0.1) is 5.92 Å². The second-order valence-electron chi connectivity index (χ2n) is 6.23. The van der Waals surface area contributed by atoms with Crippen molar-refractivity contribution in [3.63, 3.8) is 0 Å². The predicted octanol–water partition coefficient (Wildman–Crippen LogP) is 0.640. The predicted molar refractivity (Wildman–Crippen MR) is 75.1 cm³/mol. The number of carboxylic acid groups (broad SMARTS) is 1. The van der Waals surface area contributed by atoms with Gasteiger partial charge in [-0.25, -0.2) is 9.59 Å². The molecule has 0 bridgehead atoms. The van der Waals surface area contributed by atoms with Crippen molar-refractivity contribution in [1.29, 1.82) is 0 Å². The standard InChI is InChI=1S/C14H24N2O5/c1-14(21-8-12(17)18)9-16(10-14)13(19)15(2)6-11-4-3-5-20-7-11/h11H,3-10H2,1-2H3,(H,17,18). The number of urea groups is 1. The summed E-state index contributed by atoms with van der Waals surface area (Å²) in [6.07, 6.45) is 2.15. The van der Waals surface area contributed by atoms with Crippen molar-refractivity contribution < 1.29 is 24.2 Å². The first kappa shape index (κ1) is 16.0. The molecule has 7 nitrogen and oxygen atoms in total. The highest BCUT2D eigenvalue weighted by Crippen LogP contribution is 2.26. The quantitative estimate of drug-likeness (QED) is 0.806. The van der Waals surface area contributed by atoms with Gasteiger partial charge in [0.15, 0.2) is 0 Å². The number of carbonyl (C=O) groups is 2. The smallest absolute Gasteiger partial charge is 0.329 e. The van der Waals surface area contributed by atoms with E-state index in [1.165, 1.54) is 0 Å². The highest BCUT2D eigenvalue weighted by atomic mass is 16.5. The van der Waals surface area contributed by atoms with Gasteiger partial charge in [0.05, 0.1) is 19.7 Å². The molecule has 0 aromatic carbocycles. The van der Waals surface area contributed by atoms with Crippen LogP contribution in [0.15, 0.2) is 0 Å². The zero-order chi connectivity index (χ0) is 15.5. The van der Waals surface area contributed by atoms with Gasteiger partial charge in [0, 0.05) is 26.1 Å². The third kappa shape index (κ3) is 4.31. The molecule has 120 valence electrons. The summed E-state index contributed by atoms with van der Waals surface area (Å²) in [4.78, 5) is 26.2. The topological polar surface area (TPSA) is 79.3 Å². The van der Waals surface area contributed by atoms with Gasteiger partial charge >= 0.3 is 12.0 Å². The summed E-state index contributed by atoms with van der Waals surface area (Å²) in [5, 5.41) is 8.62. The Morgan fingerprint density at radius 2 is 2.19 bits per heavy atom. The van der Waals surface area contributed by atoms with Gasteiger partial charge in [0.25, 0.3) is 0 Å². The molecule has 21 heavy (non-hydrogen) atoms. The summed E-state index contributed by atoms with van der Waals surface area (Å²) < 4.78 is 10.7. The number of likely N-dealkylation sites (tertiary alicyclic amines) is 1. The van der Waals surface area contributed by atoms with E-state index in [0.29, 0.717) is 25.6 Å². The van der Waals surface area contributed by atoms with E-state index in [1.807, 2.05) is 6.92 Å². The zero-order valence-corrected chi connectivity index (χ0v) is 12.7. The van der Waals surface area contributed by atoms with Crippen LogP contribution >= 0.6 is 0 Å². The van der Waals surface area contributed by atoms with Gasteiger partial charge in [-0.2, -0.15) is 0 Å². The van der Waals surface area contributed by atoms with E-state index in [4.69, 9.17) is 14.6 Å². The molecule has 1 unspecified atom stereocenters. The Balaban J connectivity index is 1.73. The Morgan fingerprint density at radius 3 is 2.76 bits per heavy atom. The second kappa shape index (κ2) is 6.62. The molecule has 0 saturated carbocycles. The Morgan fingerprint density at radius 1 is 1.48 bits per heavy atom. The Hall–Kier alpha value is -1.34. The fourth-order valence-corrected chi connectivity index (χ4v) is 2.88. The average molecular weight is 300 g/mol. The highest BCUT2D eigenvalue weighted by molar-refractivity contribution is 5.75. The maximum atomic E-state index is 12.3. The zero-order valence-electron chi connectivity index (χ0n) is 12.7. The van der Waals surface area contributed by atoms with Crippen molar-refractivity contribution in [2.24, 2.45) is 5.92 Å². The van der Waals surface area contributed by atoms with Crippen LogP contribution in [0.3, 0.4) is 0 Å². The summed E-state index contributed by atoms with van der Waals surface area (Å²) in [5.74, 6) is -0.584. The lowest BCUT2D eigenvalue weighted by Gasteiger charge is -2.48. The Labute approximate surface area is 124 Å². The number of hydrogen-bond donors (Lipinski definition) is 1. The van der Waals surface area contributed by atoms with Crippen molar-refractivity contribution in [3.8, 4) is 0 Å². The lowest BCUT2D eigenvalue weighted by Crippen LogP contribution is -2.65. The molecule has 0 radical (unpaired) electrons. The lowest BCUT2D eigenvalue weighted by atomic mass is 9.96. The molecule has 7 heteroatoms. The molecule has 0 aromatic heterocycles. The lowest BCUT2D eigenvalue weighted by molar-refractivity contribution is -0.160. The van der Waals surface area contributed by atoms with E-state index in [9.17, 15) is 9.59 Å². The summed E-state index contributed by atoms with van der Waals surface area (Å²) in [6.45, 7) is 4.61. The van der Waals surface area contributed by atoms with Crippen LogP contribution in [-0.4, -0.2) is 79.0 Å². The normalized spacial score (nSPS) is 24.3. The fourth-order valence-electron chi connectivity index (χ4n) is 2.88. The molecule has 2 heterocycles. The minimum atomic E-state index is -0.990. The van der Waals surface area contributed by atoms with Crippen molar-refractivity contribution in [2.75, 3.05) is 46.5 Å². The number of rotatable bonds is 5. The van der Waals surface area contributed by atoms with Crippen molar-refractivity contribution in [1.82, 2.24) is 9.80 Å². The molecule has 0 aromatic rings. The second-order valence-corrected chi connectivity index (χ2v) is 6.23. The number of carboxylic acids is 1. The highest BCUT2D eigenvalue weighted by Gasteiger charge is 2.43. The maximum Gasteiger partial charge on any atom is 0.329 e. The minimum absolute atomic E-state index is 0.0306. The van der Waals surface area contributed by atoms with Crippen LogP contribution in [0.4, 0.5) is 4.79 Å². The first-order chi connectivity index (χ1) is 9.89. The van der Waals surface area contributed by atoms with Crippen LogP contribution in [0.2, 0.25) is 0 Å². The van der Waals surface area contributed by atoms with Gasteiger partial charge < -0.3 is 24.4 Å². The van der Waals surface area contributed by atoms with Crippen molar-refractivity contribution in [3.05, 3.63) is 0 Å². The Bertz CT molecular complexity index is 389. The molecule has 2 aliphatic rings. The molecule has 2 saturated heterocycles. The maximum absolute atomic E-state index is 12.3. The van der Waals surface area contributed by atoms with Gasteiger partial charge in [0.1, 0.15) is 12.2 Å². The summed E-state index contributed by atoms with van der Waals surface area (Å²) in [6, 6.07) is -0.0306. The van der Waals surface area contributed by atoms with Crippen LogP contribution in [0.5, 0.6) is 0 Å². The third-order valence-electron chi connectivity index (χ3n) is 3.98. The third-order valence-corrected chi connectivity index (χ3v) is 3.98. The molecule has 0 spiro atoms. The summed E-state index contributed by atoms with van der Waals surface area (Å²) in [5.41, 5.74) is -0.539. The van der Waals surface area contributed by atoms with E-state index >= 15 is 0 Å². The summed E-state index contributed by atoms with van der Waals surface area (Å²) >= 11 is 0. The molecular formula is C14H24N2O5. The van der Waals surface area contributed by atoms with Crippen molar-refractivity contribution >= 4 is 12.0 Å². The van der Waals surface area contributed by atoms with Gasteiger partial charge in [0.2, 0.25) is 0 Å².